The highest BCUT2D eigenvalue weighted by molar-refractivity contribution is 5.62. The Morgan fingerprint density at radius 1 is 1.08 bits per heavy atom. The smallest absolute Gasteiger partial charge is 0.124 e. The molecular formula is C10H10O3. The minimum absolute atomic E-state index is 0.0571. The molecule has 1 aromatic rings. The number of phenolic OH excluding ortho intramolecular Hbond substituents is 1. The lowest BCUT2D eigenvalue weighted by Gasteiger charge is -2.04. The molecule has 0 spiro atoms. The molecule has 0 fully saturated rings. The van der Waals surface area contributed by atoms with Crippen molar-refractivity contribution in [3.63, 3.8) is 0 Å². The fraction of sp³-hybridized carbons (Fsp3) is 0.200. The molecule has 13 heavy (non-hydrogen) atoms. The van der Waals surface area contributed by atoms with Gasteiger partial charge in [-0.25, -0.2) is 0 Å². The second-order valence-electron chi connectivity index (χ2n) is 2.67. The molecular weight excluding hydrogens is 168 g/mol. The van der Waals surface area contributed by atoms with Gasteiger partial charge in [0.2, 0.25) is 0 Å². The zero-order chi connectivity index (χ0) is 9.68. The molecule has 1 rings (SSSR count). The highest BCUT2D eigenvalue weighted by atomic mass is 16.3. The van der Waals surface area contributed by atoms with Crippen molar-refractivity contribution in [2.24, 2.45) is 0 Å². The summed E-state index contributed by atoms with van der Waals surface area (Å²) in [6.45, 7) is 0. The molecule has 0 bridgehead atoms. The summed E-state index contributed by atoms with van der Waals surface area (Å²) in [6, 6.07) is 5.05. The molecule has 0 saturated carbocycles. The van der Waals surface area contributed by atoms with Crippen molar-refractivity contribution in [2.45, 2.75) is 12.8 Å². The van der Waals surface area contributed by atoms with Crippen LogP contribution in [0.1, 0.15) is 11.1 Å². The molecule has 0 saturated heterocycles. The molecule has 0 unspecified atom stereocenters. The first-order valence-corrected chi connectivity index (χ1v) is 3.96. The second kappa shape index (κ2) is 4.40. The van der Waals surface area contributed by atoms with Gasteiger partial charge in [0.25, 0.3) is 0 Å². The van der Waals surface area contributed by atoms with Gasteiger partial charge in [0.1, 0.15) is 18.3 Å². The summed E-state index contributed by atoms with van der Waals surface area (Å²) < 4.78 is 0. The SMILES string of the molecule is O=CCc1cccc(CC=O)c1O. The van der Waals surface area contributed by atoms with Gasteiger partial charge in [-0.3, -0.25) is 0 Å². The second-order valence-corrected chi connectivity index (χ2v) is 2.67. The number of carbonyl (C=O) groups is 2. The van der Waals surface area contributed by atoms with E-state index in [9.17, 15) is 14.7 Å². The first kappa shape index (κ1) is 9.45. The summed E-state index contributed by atoms with van der Waals surface area (Å²) in [4.78, 5) is 20.4. The summed E-state index contributed by atoms with van der Waals surface area (Å²) in [5.74, 6) is 0.0571. The Kier molecular flexibility index (Phi) is 3.20. The maximum absolute atomic E-state index is 10.2. The van der Waals surface area contributed by atoms with E-state index < -0.39 is 0 Å². The van der Waals surface area contributed by atoms with Crippen LogP contribution in [0.25, 0.3) is 0 Å². The van der Waals surface area contributed by atoms with Crippen LogP contribution in [0.15, 0.2) is 18.2 Å². The van der Waals surface area contributed by atoms with Gasteiger partial charge < -0.3 is 14.7 Å². The third-order valence-electron chi connectivity index (χ3n) is 1.81. The van der Waals surface area contributed by atoms with Gasteiger partial charge in [0.15, 0.2) is 0 Å². The lowest BCUT2D eigenvalue weighted by atomic mass is 10.1. The predicted octanol–water partition coefficient (Wildman–Crippen LogP) is 0.875. The Labute approximate surface area is 76.0 Å². The number of aldehydes is 2. The van der Waals surface area contributed by atoms with E-state index in [2.05, 4.69) is 0 Å². The van der Waals surface area contributed by atoms with Gasteiger partial charge in [-0.15, -0.1) is 0 Å². The Balaban J connectivity index is 3.02. The van der Waals surface area contributed by atoms with Crippen LogP contribution in [0.5, 0.6) is 5.75 Å². The van der Waals surface area contributed by atoms with E-state index in [0.717, 1.165) is 12.6 Å². The van der Waals surface area contributed by atoms with Crippen molar-refractivity contribution < 1.29 is 14.7 Å². The molecule has 0 radical (unpaired) electrons. The highest BCUT2D eigenvalue weighted by Gasteiger charge is 2.05. The number of aromatic hydroxyl groups is 1. The van der Waals surface area contributed by atoms with E-state index in [0.29, 0.717) is 11.1 Å². The molecule has 0 aromatic heterocycles. The Hall–Kier alpha value is -1.64. The lowest BCUT2D eigenvalue weighted by Crippen LogP contribution is -1.92. The fourth-order valence-corrected chi connectivity index (χ4v) is 1.15. The minimum atomic E-state index is 0.0571. The standard InChI is InChI=1S/C10H10O3/c11-6-4-8-2-1-3-9(5-7-12)10(8)13/h1-3,6-7,13H,4-5H2. The van der Waals surface area contributed by atoms with Crippen LogP contribution in [-0.2, 0) is 22.4 Å². The highest BCUT2D eigenvalue weighted by Crippen LogP contribution is 2.22. The molecule has 0 atom stereocenters. The van der Waals surface area contributed by atoms with Gasteiger partial charge in [0, 0.05) is 24.0 Å². The van der Waals surface area contributed by atoms with E-state index in [1.807, 2.05) is 0 Å². The van der Waals surface area contributed by atoms with E-state index in [4.69, 9.17) is 0 Å². The van der Waals surface area contributed by atoms with Gasteiger partial charge in [-0.05, 0) is 0 Å². The molecule has 0 aliphatic heterocycles. The summed E-state index contributed by atoms with van der Waals surface area (Å²) >= 11 is 0. The average Bonchev–Trinajstić information content (AvgIpc) is 2.13. The molecule has 3 heteroatoms. The number of carbonyl (C=O) groups excluding carboxylic acids is 2. The van der Waals surface area contributed by atoms with Crippen molar-refractivity contribution in [3.05, 3.63) is 29.3 Å². The maximum atomic E-state index is 10.2. The molecule has 0 aliphatic rings. The molecule has 1 N–H and O–H groups in total. The van der Waals surface area contributed by atoms with Crippen LogP contribution < -0.4 is 0 Å². The zero-order valence-electron chi connectivity index (χ0n) is 7.06. The summed E-state index contributed by atoms with van der Waals surface area (Å²) in [5, 5.41) is 9.53. The first-order chi connectivity index (χ1) is 6.29. The van der Waals surface area contributed by atoms with E-state index >= 15 is 0 Å². The van der Waals surface area contributed by atoms with Crippen molar-refractivity contribution in [1.29, 1.82) is 0 Å². The summed E-state index contributed by atoms with van der Waals surface area (Å²) in [6.07, 6.45) is 1.80. The summed E-state index contributed by atoms with van der Waals surface area (Å²) in [5.41, 5.74) is 1.13. The Bertz CT molecular complexity index is 290. The van der Waals surface area contributed by atoms with Crippen LogP contribution in [0.2, 0.25) is 0 Å². The van der Waals surface area contributed by atoms with Crippen LogP contribution in [-0.4, -0.2) is 17.7 Å². The first-order valence-electron chi connectivity index (χ1n) is 3.96. The fourth-order valence-electron chi connectivity index (χ4n) is 1.15. The van der Waals surface area contributed by atoms with Crippen molar-refractivity contribution >= 4 is 12.6 Å². The number of benzene rings is 1. The number of rotatable bonds is 4. The lowest BCUT2D eigenvalue weighted by molar-refractivity contribution is -0.108. The number of phenols is 1. The zero-order valence-corrected chi connectivity index (χ0v) is 7.06. The molecule has 0 amide bonds. The van der Waals surface area contributed by atoms with Gasteiger partial charge in [-0.2, -0.15) is 0 Å². The van der Waals surface area contributed by atoms with Crippen molar-refractivity contribution in [2.75, 3.05) is 0 Å². The van der Waals surface area contributed by atoms with Crippen molar-refractivity contribution in [1.82, 2.24) is 0 Å². The third kappa shape index (κ3) is 2.15. The largest absolute Gasteiger partial charge is 0.507 e. The molecule has 1 aromatic carbocycles. The van der Waals surface area contributed by atoms with Gasteiger partial charge >= 0.3 is 0 Å². The average molecular weight is 178 g/mol. The normalized spacial score (nSPS) is 9.54. The molecule has 0 aliphatic carbocycles. The van der Waals surface area contributed by atoms with Crippen LogP contribution in [0, 0.1) is 0 Å². The molecule has 3 nitrogen and oxygen atoms in total. The quantitative estimate of drug-likeness (QED) is 0.696. The van der Waals surface area contributed by atoms with Gasteiger partial charge in [-0.1, -0.05) is 18.2 Å². The molecule has 68 valence electrons. The van der Waals surface area contributed by atoms with Crippen LogP contribution in [0.3, 0.4) is 0 Å². The number of para-hydroxylation sites is 1. The van der Waals surface area contributed by atoms with Crippen LogP contribution >= 0.6 is 0 Å². The molecule has 0 heterocycles. The maximum Gasteiger partial charge on any atom is 0.124 e. The monoisotopic (exact) mass is 178 g/mol. The van der Waals surface area contributed by atoms with Gasteiger partial charge in [0.05, 0.1) is 0 Å². The van der Waals surface area contributed by atoms with E-state index in [-0.39, 0.29) is 18.6 Å². The minimum Gasteiger partial charge on any atom is -0.507 e. The Morgan fingerprint density at radius 3 is 1.92 bits per heavy atom. The van der Waals surface area contributed by atoms with E-state index in [1.54, 1.807) is 18.2 Å². The third-order valence-corrected chi connectivity index (χ3v) is 1.81. The number of hydrogen-bond donors (Lipinski definition) is 1. The Morgan fingerprint density at radius 2 is 1.54 bits per heavy atom. The summed E-state index contributed by atoms with van der Waals surface area (Å²) in [7, 11) is 0. The van der Waals surface area contributed by atoms with Crippen LogP contribution in [0.4, 0.5) is 0 Å². The van der Waals surface area contributed by atoms with E-state index in [1.165, 1.54) is 0 Å². The predicted molar refractivity (Wildman–Crippen MR) is 47.6 cm³/mol. The van der Waals surface area contributed by atoms with Crippen molar-refractivity contribution in [3.8, 4) is 5.75 Å². The topological polar surface area (TPSA) is 54.4 Å². The number of hydrogen-bond acceptors (Lipinski definition) is 3.